The number of hydrogen-bond donors (Lipinski definition) is 0. The van der Waals surface area contributed by atoms with Crippen molar-refractivity contribution in [3.8, 4) is 0 Å². The van der Waals surface area contributed by atoms with Gasteiger partial charge in [0.1, 0.15) is 11.2 Å². The van der Waals surface area contributed by atoms with Gasteiger partial charge in [-0.05, 0) is 18.0 Å². The van der Waals surface area contributed by atoms with E-state index in [0.717, 1.165) is 11.5 Å². The summed E-state index contributed by atoms with van der Waals surface area (Å²) in [6.45, 7) is 1.93. The van der Waals surface area contributed by atoms with Gasteiger partial charge in [0, 0.05) is 7.05 Å². The van der Waals surface area contributed by atoms with Crippen LogP contribution in [0.2, 0.25) is 0 Å². The Morgan fingerprint density at radius 1 is 1.60 bits per heavy atom. The Balaban J connectivity index is 2.41. The molecule has 0 aliphatic rings. The molecule has 2 aromatic heterocycles. The average molecular weight is 223 g/mol. The van der Waals surface area contributed by atoms with Gasteiger partial charge in [0.25, 0.3) is 0 Å². The normalized spacial score (nSPS) is 10.5. The minimum atomic E-state index is -0.165. The van der Waals surface area contributed by atoms with Crippen molar-refractivity contribution in [2.75, 3.05) is 0 Å². The SMILES string of the molecule is CCc1nnsc1C(=O)c1ncnn1C. The molecule has 0 saturated heterocycles. The van der Waals surface area contributed by atoms with E-state index in [0.29, 0.717) is 22.8 Å². The number of aromatic nitrogens is 5. The highest BCUT2D eigenvalue weighted by molar-refractivity contribution is 7.08. The molecule has 0 saturated carbocycles. The molecule has 15 heavy (non-hydrogen) atoms. The van der Waals surface area contributed by atoms with Gasteiger partial charge in [-0.25, -0.2) is 9.67 Å². The van der Waals surface area contributed by atoms with Crippen LogP contribution in [0.25, 0.3) is 0 Å². The molecule has 0 amide bonds. The lowest BCUT2D eigenvalue weighted by Crippen LogP contribution is -2.10. The van der Waals surface area contributed by atoms with Gasteiger partial charge >= 0.3 is 0 Å². The zero-order valence-electron chi connectivity index (χ0n) is 8.34. The summed E-state index contributed by atoms with van der Waals surface area (Å²) in [5.41, 5.74) is 0.716. The molecule has 0 aliphatic heterocycles. The minimum Gasteiger partial charge on any atom is -0.284 e. The zero-order valence-corrected chi connectivity index (χ0v) is 9.15. The molecule has 2 heterocycles. The Labute approximate surface area is 90.1 Å². The second-order valence-corrected chi connectivity index (χ2v) is 3.69. The van der Waals surface area contributed by atoms with Gasteiger partial charge in [-0.1, -0.05) is 11.4 Å². The molecule has 0 atom stereocenters. The van der Waals surface area contributed by atoms with Crippen molar-refractivity contribution >= 4 is 17.3 Å². The lowest BCUT2D eigenvalue weighted by Gasteiger charge is -1.97. The number of rotatable bonds is 3. The van der Waals surface area contributed by atoms with E-state index in [1.807, 2.05) is 6.92 Å². The number of hydrogen-bond acceptors (Lipinski definition) is 6. The van der Waals surface area contributed by atoms with E-state index in [2.05, 4.69) is 19.7 Å². The van der Waals surface area contributed by atoms with Crippen LogP contribution in [-0.2, 0) is 13.5 Å². The van der Waals surface area contributed by atoms with E-state index in [1.54, 1.807) is 7.05 Å². The van der Waals surface area contributed by atoms with E-state index < -0.39 is 0 Å². The third-order valence-corrected chi connectivity index (χ3v) is 2.78. The molecule has 2 aromatic rings. The van der Waals surface area contributed by atoms with Gasteiger partial charge in [0.15, 0.2) is 5.82 Å². The molecule has 0 aliphatic carbocycles. The fourth-order valence-corrected chi connectivity index (χ4v) is 1.90. The lowest BCUT2D eigenvalue weighted by atomic mass is 10.2. The molecule has 0 bridgehead atoms. The van der Waals surface area contributed by atoms with Crippen molar-refractivity contribution in [1.82, 2.24) is 24.4 Å². The smallest absolute Gasteiger partial charge is 0.243 e. The quantitative estimate of drug-likeness (QED) is 0.707. The number of aryl methyl sites for hydroxylation is 2. The first-order valence-electron chi connectivity index (χ1n) is 4.44. The van der Waals surface area contributed by atoms with E-state index in [1.165, 1.54) is 11.0 Å². The second-order valence-electron chi connectivity index (χ2n) is 2.94. The Bertz CT molecular complexity index is 489. The zero-order chi connectivity index (χ0) is 10.8. The third-order valence-electron chi connectivity index (χ3n) is 2.01. The van der Waals surface area contributed by atoms with Crippen LogP contribution in [0.15, 0.2) is 6.33 Å². The van der Waals surface area contributed by atoms with Crippen LogP contribution in [0.3, 0.4) is 0 Å². The van der Waals surface area contributed by atoms with Crippen LogP contribution in [-0.4, -0.2) is 30.1 Å². The van der Waals surface area contributed by atoms with Gasteiger partial charge in [-0.15, -0.1) is 5.10 Å². The predicted molar refractivity (Wildman–Crippen MR) is 53.7 cm³/mol. The van der Waals surface area contributed by atoms with Gasteiger partial charge < -0.3 is 0 Å². The molecule has 0 N–H and O–H groups in total. The van der Waals surface area contributed by atoms with Crippen LogP contribution < -0.4 is 0 Å². The van der Waals surface area contributed by atoms with Crippen LogP contribution in [0.5, 0.6) is 0 Å². The maximum atomic E-state index is 12.0. The largest absolute Gasteiger partial charge is 0.284 e. The van der Waals surface area contributed by atoms with E-state index in [-0.39, 0.29) is 5.78 Å². The molecule has 7 heteroatoms. The molecular weight excluding hydrogens is 214 g/mol. The molecule has 0 spiro atoms. The van der Waals surface area contributed by atoms with Gasteiger partial charge in [-0.3, -0.25) is 4.79 Å². The summed E-state index contributed by atoms with van der Waals surface area (Å²) in [6.07, 6.45) is 2.04. The molecule has 2 rings (SSSR count). The van der Waals surface area contributed by atoms with Crippen LogP contribution in [0.4, 0.5) is 0 Å². The number of carbonyl (C=O) groups is 1. The predicted octanol–water partition coefficient (Wildman–Crippen LogP) is 0.460. The number of ketones is 1. The number of nitrogens with zero attached hydrogens (tertiary/aromatic N) is 5. The van der Waals surface area contributed by atoms with Crippen LogP contribution >= 0.6 is 11.5 Å². The Morgan fingerprint density at radius 3 is 3.00 bits per heavy atom. The molecule has 0 aromatic carbocycles. The highest BCUT2D eigenvalue weighted by Crippen LogP contribution is 2.14. The third kappa shape index (κ3) is 1.65. The molecule has 0 unspecified atom stereocenters. The molecule has 0 fully saturated rings. The minimum absolute atomic E-state index is 0.165. The second kappa shape index (κ2) is 3.85. The van der Waals surface area contributed by atoms with Crippen molar-refractivity contribution in [3.05, 3.63) is 22.7 Å². The van der Waals surface area contributed by atoms with Crippen molar-refractivity contribution in [2.45, 2.75) is 13.3 Å². The topological polar surface area (TPSA) is 73.6 Å². The maximum Gasteiger partial charge on any atom is 0.243 e. The van der Waals surface area contributed by atoms with Crippen molar-refractivity contribution in [3.63, 3.8) is 0 Å². The summed E-state index contributed by atoms with van der Waals surface area (Å²) >= 11 is 1.10. The van der Waals surface area contributed by atoms with Gasteiger partial charge in [0.2, 0.25) is 5.78 Å². The van der Waals surface area contributed by atoms with Gasteiger partial charge in [0.05, 0.1) is 5.69 Å². The fraction of sp³-hybridized carbons (Fsp3) is 0.375. The maximum absolute atomic E-state index is 12.0. The Hall–Kier alpha value is -1.63. The van der Waals surface area contributed by atoms with Crippen molar-refractivity contribution < 1.29 is 4.79 Å². The first-order valence-corrected chi connectivity index (χ1v) is 5.21. The first-order chi connectivity index (χ1) is 7.24. The molecule has 78 valence electrons. The Morgan fingerprint density at radius 2 is 2.40 bits per heavy atom. The standard InChI is InChI=1S/C8H9N5OS/c1-3-5-7(15-12-11-5)6(14)8-9-4-10-13(8)2/h4H,3H2,1-2H3. The van der Waals surface area contributed by atoms with Crippen molar-refractivity contribution in [2.24, 2.45) is 7.05 Å². The fourth-order valence-electron chi connectivity index (χ4n) is 1.22. The van der Waals surface area contributed by atoms with E-state index in [4.69, 9.17) is 0 Å². The summed E-state index contributed by atoms with van der Waals surface area (Å²) in [5.74, 6) is 0.151. The molecule has 0 radical (unpaired) electrons. The average Bonchev–Trinajstić information content (AvgIpc) is 2.84. The first kappa shape index (κ1) is 9.91. The summed E-state index contributed by atoms with van der Waals surface area (Å²) in [4.78, 5) is 16.4. The van der Waals surface area contributed by atoms with Crippen LogP contribution in [0.1, 0.15) is 28.1 Å². The summed E-state index contributed by atoms with van der Waals surface area (Å²) in [7, 11) is 1.68. The Kier molecular flexibility index (Phi) is 2.55. The summed E-state index contributed by atoms with van der Waals surface area (Å²) in [5, 5.41) is 7.74. The monoisotopic (exact) mass is 223 g/mol. The van der Waals surface area contributed by atoms with E-state index >= 15 is 0 Å². The lowest BCUT2D eigenvalue weighted by molar-refractivity contribution is 0.102. The van der Waals surface area contributed by atoms with Crippen LogP contribution in [0, 0.1) is 0 Å². The summed E-state index contributed by atoms with van der Waals surface area (Å²) < 4.78 is 5.21. The van der Waals surface area contributed by atoms with Crippen molar-refractivity contribution in [1.29, 1.82) is 0 Å². The summed E-state index contributed by atoms with van der Waals surface area (Å²) in [6, 6.07) is 0. The van der Waals surface area contributed by atoms with Gasteiger partial charge in [-0.2, -0.15) is 5.10 Å². The number of carbonyl (C=O) groups excluding carboxylic acids is 1. The highest BCUT2D eigenvalue weighted by atomic mass is 32.1. The van der Waals surface area contributed by atoms with E-state index in [9.17, 15) is 4.79 Å². The highest BCUT2D eigenvalue weighted by Gasteiger charge is 2.20. The molecule has 6 nitrogen and oxygen atoms in total. The molecular formula is C8H9N5OS.